The number of nitrogens with one attached hydrogen (secondary N) is 1. The van der Waals surface area contributed by atoms with Gasteiger partial charge in [-0.2, -0.15) is 10.2 Å². The highest BCUT2D eigenvalue weighted by Crippen LogP contribution is 2.24. The number of hydrogen-bond acceptors (Lipinski definition) is 5. The number of nitro groups is 1. The van der Waals surface area contributed by atoms with E-state index >= 15 is 0 Å². The average molecular weight is 409 g/mol. The molecule has 0 spiro atoms. The third-order valence-electron chi connectivity index (χ3n) is 3.92. The number of rotatable bonds is 5. The summed E-state index contributed by atoms with van der Waals surface area (Å²) in [5, 5.41) is 22.8. The largest absolute Gasteiger partial charge is 0.322 e. The smallest absolute Gasteiger partial charge is 0.318 e. The van der Waals surface area contributed by atoms with Crippen molar-refractivity contribution in [1.29, 1.82) is 0 Å². The van der Waals surface area contributed by atoms with E-state index in [0.29, 0.717) is 28.0 Å². The van der Waals surface area contributed by atoms with Crippen LogP contribution in [0.4, 0.5) is 11.4 Å². The minimum absolute atomic E-state index is 0.253. The summed E-state index contributed by atoms with van der Waals surface area (Å²) in [4.78, 5) is 23.0. The first-order valence-electron chi connectivity index (χ1n) is 7.72. The molecule has 11 heteroatoms. The molecule has 3 aromatic rings. The van der Waals surface area contributed by atoms with Crippen molar-refractivity contribution >= 4 is 40.5 Å². The minimum Gasteiger partial charge on any atom is -0.318 e. The summed E-state index contributed by atoms with van der Waals surface area (Å²) in [6.45, 7) is 1.94. The van der Waals surface area contributed by atoms with Crippen LogP contribution in [0.25, 0.3) is 0 Å². The van der Waals surface area contributed by atoms with E-state index in [1.807, 2.05) is 6.07 Å². The van der Waals surface area contributed by atoms with Crippen molar-refractivity contribution in [2.45, 2.75) is 13.5 Å². The molecule has 1 amide bonds. The summed E-state index contributed by atoms with van der Waals surface area (Å²) in [6.07, 6.45) is 3.04. The maximum Gasteiger partial charge on any atom is 0.322 e. The molecule has 0 saturated heterocycles. The Morgan fingerprint density at radius 2 is 2.07 bits per heavy atom. The highest BCUT2D eigenvalue weighted by atomic mass is 35.5. The van der Waals surface area contributed by atoms with Gasteiger partial charge in [-0.1, -0.05) is 29.3 Å². The summed E-state index contributed by atoms with van der Waals surface area (Å²) in [5.41, 5.74) is 0.981. The first-order chi connectivity index (χ1) is 12.8. The molecule has 0 saturated carbocycles. The standard InChI is InChI=1S/C16H14Cl2N6O3/c1-9-15(24(26)27)14(21-22(9)2)16(25)20-11-6-19-23(8-11)7-10-3-4-12(17)13(18)5-10/h3-6,8H,7H2,1-2H3,(H,20,25). The molecule has 0 aliphatic rings. The van der Waals surface area contributed by atoms with Crippen LogP contribution in [0, 0.1) is 17.0 Å². The van der Waals surface area contributed by atoms with Crippen LogP contribution in [-0.4, -0.2) is 30.4 Å². The van der Waals surface area contributed by atoms with Crippen molar-refractivity contribution in [3.63, 3.8) is 0 Å². The predicted octanol–water partition coefficient (Wildman–Crippen LogP) is 3.44. The third kappa shape index (κ3) is 3.93. The third-order valence-corrected chi connectivity index (χ3v) is 4.66. The lowest BCUT2D eigenvalue weighted by Gasteiger charge is -2.03. The van der Waals surface area contributed by atoms with E-state index < -0.39 is 10.8 Å². The predicted molar refractivity (Wildman–Crippen MR) is 100 cm³/mol. The van der Waals surface area contributed by atoms with E-state index in [1.54, 1.807) is 23.0 Å². The number of carbonyl (C=O) groups excluding carboxylic acids is 1. The topological polar surface area (TPSA) is 108 Å². The fraction of sp³-hybridized carbons (Fsp3) is 0.188. The maximum absolute atomic E-state index is 12.4. The number of halogens is 2. The van der Waals surface area contributed by atoms with Gasteiger partial charge in [0, 0.05) is 13.2 Å². The Kier molecular flexibility index (Phi) is 5.15. The monoisotopic (exact) mass is 408 g/mol. The Morgan fingerprint density at radius 3 is 2.74 bits per heavy atom. The summed E-state index contributed by atoms with van der Waals surface area (Å²) in [6, 6.07) is 5.23. The minimum atomic E-state index is -0.681. The molecule has 3 rings (SSSR count). The zero-order valence-electron chi connectivity index (χ0n) is 14.3. The summed E-state index contributed by atoms with van der Waals surface area (Å²) in [5.74, 6) is -0.681. The summed E-state index contributed by atoms with van der Waals surface area (Å²) >= 11 is 11.9. The Labute approximate surface area is 163 Å². The molecule has 0 bridgehead atoms. The van der Waals surface area contributed by atoms with E-state index in [4.69, 9.17) is 23.2 Å². The second-order valence-electron chi connectivity index (χ2n) is 5.79. The van der Waals surface area contributed by atoms with Crippen LogP contribution in [-0.2, 0) is 13.6 Å². The van der Waals surface area contributed by atoms with Gasteiger partial charge in [0.05, 0.1) is 33.4 Å². The highest BCUT2D eigenvalue weighted by Gasteiger charge is 2.29. The van der Waals surface area contributed by atoms with E-state index in [9.17, 15) is 14.9 Å². The lowest BCUT2D eigenvalue weighted by Crippen LogP contribution is -2.14. The molecule has 1 aromatic carbocycles. The van der Waals surface area contributed by atoms with Gasteiger partial charge in [0.15, 0.2) is 0 Å². The van der Waals surface area contributed by atoms with Crippen LogP contribution in [0.15, 0.2) is 30.6 Å². The Hall–Kier alpha value is -2.91. The molecule has 140 valence electrons. The summed E-state index contributed by atoms with van der Waals surface area (Å²) < 4.78 is 2.88. The zero-order valence-corrected chi connectivity index (χ0v) is 15.8. The van der Waals surface area contributed by atoms with Gasteiger partial charge in [0.2, 0.25) is 5.69 Å². The van der Waals surface area contributed by atoms with Crippen molar-refractivity contribution in [2.75, 3.05) is 5.32 Å². The van der Waals surface area contributed by atoms with Gasteiger partial charge in [0.1, 0.15) is 5.69 Å². The second-order valence-corrected chi connectivity index (χ2v) is 6.61. The molecule has 2 heterocycles. The van der Waals surface area contributed by atoms with Crippen LogP contribution in [0.3, 0.4) is 0 Å². The first kappa shape index (κ1) is 18.9. The molecule has 0 radical (unpaired) electrons. The van der Waals surface area contributed by atoms with Crippen molar-refractivity contribution in [2.24, 2.45) is 7.05 Å². The van der Waals surface area contributed by atoms with Crippen molar-refractivity contribution < 1.29 is 9.72 Å². The fourth-order valence-electron chi connectivity index (χ4n) is 2.50. The van der Waals surface area contributed by atoms with Crippen LogP contribution in [0.1, 0.15) is 21.7 Å². The number of nitrogens with zero attached hydrogens (tertiary/aromatic N) is 5. The lowest BCUT2D eigenvalue weighted by molar-refractivity contribution is -0.385. The van der Waals surface area contributed by atoms with Gasteiger partial charge >= 0.3 is 5.69 Å². The number of anilines is 1. The molecule has 9 nitrogen and oxygen atoms in total. The number of aryl methyl sites for hydroxylation is 1. The van der Waals surface area contributed by atoms with Gasteiger partial charge in [0.25, 0.3) is 5.91 Å². The van der Waals surface area contributed by atoms with Crippen molar-refractivity contribution in [3.05, 3.63) is 67.7 Å². The second kappa shape index (κ2) is 7.37. The molecule has 0 aliphatic carbocycles. The van der Waals surface area contributed by atoms with Crippen LogP contribution in [0.2, 0.25) is 10.0 Å². The molecule has 0 fully saturated rings. The fourth-order valence-corrected chi connectivity index (χ4v) is 2.82. The van der Waals surface area contributed by atoms with E-state index in [1.165, 1.54) is 24.9 Å². The number of carbonyl (C=O) groups is 1. The van der Waals surface area contributed by atoms with Crippen molar-refractivity contribution in [3.8, 4) is 0 Å². The molecule has 1 N–H and O–H groups in total. The van der Waals surface area contributed by atoms with E-state index in [-0.39, 0.29) is 11.4 Å². The molecule has 2 aromatic heterocycles. The average Bonchev–Trinajstić information content (AvgIpc) is 3.15. The van der Waals surface area contributed by atoms with Crippen LogP contribution < -0.4 is 5.32 Å². The van der Waals surface area contributed by atoms with Crippen LogP contribution in [0.5, 0.6) is 0 Å². The molecule has 0 atom stereocenters. The van der Waals surface area contributed by atoms with Crippen molar-refractivity contribution in [1.82, 2.24) is 19.6 Å². The molecular weight excluding hydrogens is 395 g/mol. The summed E-state index contributed by atoms with van der Waals surface area (Å²) in [7, 11) is 1.54. The number of benzene rings is 1. The van der Waals surface area contributed by atoms with Gasteiger partial charge in [-0.3, -0.25) is 24.3 Å². The molecule has 0 unspecified atom stereocenters. The number of hydrogen-bond donors (Lipinski definition) is 1. The molecule has 0 aliphatic heterocycles. The van der Waals surface area contributed by atoms with E-state index in [2.05, 4.69) is 15.5 Å². The van der Waals surface area contributed by atoms with Gasteiger partial charge in [-0.25, -0.2) is 0 Å². The normalized spacial score (nSPS) is 10.8. The molecular formula is C16H14Cl2N6O3. The SMILES string of the molecule is Cc1c([N+](=O)[O-])c(C(=O)Nc2cnn(Cc3ccc(Cl)c(Cl)c3)c2)nn1C. The van der Waals surface area contributed by atoms with Gasteiger partial charge in [-0.15, -0.1) is 0 Å². The van der Waals surface area contributed by atoms with Gasteiger partial charge in [-0.05, 0) is 24.6 Å². The number of amides is 1. The Balaban J connectivity index is 1.76. The maximum atomic E-state index is 12.4. The quantitative estimate of drug-likeness (QED) is 0.513. The highest BCUT2D eigenvalue weighted by molar-refractivity contribution is 6.42. The van der Waals surface area contributed by atoms with E-state index in [0.717, 1.165) is 5.56 Å². The first-order valence-corrected chi connectivity index (χ1v) is 8.47. The Morgan fingerprint density at radius 1 is 1.33 bits per heavy atom. The van der Waals surface area contributed by atoms with Crippen LogP contribution >= 0.6 is 23.2 Å². The number of aromatic nitrogens is 4. The Bertz CT molecular complexity index is 1040. The zero-order chi connectivity index (χ0) is 19.7. The van der Waals surface area contributed by atoms with Gasteiger partial charge < -0.3 is 5.32 Å². The molecule has 27 heavy (non-hydrogen) atoms. The lowest BCUT2D eigenvalue weighted by atomic mass is 10.2.